The molecule has 2 aromatic carbocycles. The highest BCUT2D eigenvalue weighted by Gasteiger charge is 2.31. The molecule has 0 saturated heterocycles. The number of rotatable bonds is 13. The molecule has 10 heteroatoms. The van der Waals surface area contributed by atoms with Gasteiger partial charge < -0.3 is 15.0 Å². The van der Waals surface area contributed by atoms with Gasteiger partial charge >= 0.3 is 0 Å². The molecule has 2 rings (SSSR count). The number of carbonyl (C=O) groups excluding carboxylic acids is 2. The van der Waals surface area contributed by atoms with Gasteiger partial charge in [-0.05, 0) is 29.7 Å². The van der Waals surface area contributed by atoms with Crippen molar-refractivity contribution < 1.29 is 27.1 Å². The van der Waals surface area contributed by atoms with E-state index in [1.54, 1.807) is 7.11 Å². The van der Waals surface area contributed by atoms with Crippen LogP contribution in [-0.2, 0) is 37.3 Å². The molecular formula is C24H32FN3O5S. The minimum absolute atomic E-state index is 0.0136. The van der Waals surface area contributed by atoms with E-state index >= 15 is 0 Å². The zero-order valence-electron chi connectivity index (χ0n) is 19.7. The fourth-order valence-corrected chi connectivity index (χ4v) is 3.63. The van der Waals surface area contributed by atoms with Gasteiger partial charge in [-0.25, -0.2) is 12.8 Å². The second kappa shape index (κ2) is 13.2. The summed E-state index contributed by atoms with van der Waals surface area (Å²) in [5.74, 6) is -1.32. The Balaban J connectivity index is 2.38. The molecule has 1 N–H and O–H groups in total. The lowest BCUT2D eigenvalue weighted by Crippen LogP contribution is -2.53. The van der Waals surface area contributed by atoms with E-state index in [9.17, 15) is 22.4 Å². The summed E-state index contributed by atoms with van der Waals surface area (Å²) in [7, 11) is -0.737. The maximum Gasteiger partial charge on any atom is 0.243 e. The van der Waals surface area contributed by atoms with Gasteiger partial charge in [-0.1, -0.05) is 42.5 Å². The first-order chi connectivity index (χ1) is 16.1. The van der Waals surface area contributed by atoms with Crippen LogP contribution in [0, 0.1) is 5.82 Å². The van der Waals surface area contributed by atoms with Crippen LogP contribution in [0.3, 0.4) is 0 Å². The second-order valence-corrected chi connectivity index (χ2v) is 10.1. The van der Waals surface area contributed by atoms with Gasteiger partial charge in [0.15, 0.2) is 0 Å². The number of benzene rings is 2. The lowest BCUT2D eigenvalue weighted by molar-refractivity contribution is -0.141. The Hall–Kier alpha value is -2.82. The molecule has 0 bridgehead atoms. The molecule has 0 radical (unpaired) electrons. The number of amides is 2. The van der Waals surface area contributed by atoms with E-state index in [0.717, 1.165) is 16.1 Å². The molecule has 8 nitrogen and oxygen atoms in total. The summed E-state index contributed by atoms with van der Waals surface area (Å²) < 4.78 is 43.2. The van der Waals surface area contributed by atoms with Crippen molar-refractivity contribution in [3.05, 3.63) is 71.5 Å². The molecule has 2 aromatic rings. The first-order valence-electron chi connectivity index (χ1n) is 10.9. The van der Waals surface area contributed by atoms with Gasteiger partial charge in [0.2, 0.25) is 21.8 Å². The molecule has 0 aromatic heterocycles. The molecule has 0 saturated carbocycles. The molecule has 0 spiro atoms. The number of likely N-dealkylation sites (N-methyl/N-ethyl adjacent to an activating group) is 1. The van der Waals surface area contributed by atoms with Crippen LogP contribution in [-0.4, -0.2) is 75.6 Å². The Labute approximate surface area is 200 Å². The zero-order chi connectivity index (χ0) is 25.1. The Morgan fingerprint density at radius 1 is 1.06 bits per heavy atom. The van der Waals surface area contributed by atoms with Crippen LogP contribution in [0.25, 0.3) is 0 Å². The molecule has 0 aliphatic heterocycles. The second-order valence-electron chi connectivity index (χ2n) is 8.01. The van der Waals surface area contributed by atoms with Crippen LogP contribution in [0.5, 0.6) is 0 Å². The van der Waals surface area contributed by atoms with E-state index in [-0.39, 0.29) is 18.9 Å². The Kier molecular flexibility index (Phi) is 10.6. The van der Waals surface area contributed by atoms with Crippen LogP contribution in [0.2, 0.25) is 0 Å². The van der Waals surface area contributed by atoms with Crippen LogP contribution < -0.4 is 5.32 Å². The summed E-state index contributed by atoms with van der Waals surface area (Å²) in [6.07, 6.45) is 1.84. The van der Waals surface area contributed by atoms with Crippen molar-refractivity contribution in [2.75, 3.05) is 40.1 Å². The smallest absolute Gasteiger partial charge is 0.243 e. The van der Waals surface area contributed by atoms with E-state index in [1.165, 1.54) is 36.2 Å². The summed E-state index contributed by atoms with van der Waals surface area (Å²) in [5, 5.41) is 2.85. The molecule has 2 amide bonds. The molecule has 0 heterocycles. The predicted octanol–water partition coefficient (Wildman–Crippen LogP) is 1.81. The maximum absolute atomic E-state index is 13.4. The minimum atomic E-state index is -3.61. The third-order valence-electron chi connectivity index (χ3n) is 5.29. The standard InChI is InChI=1S/C24H32FN3O5S/c1-27(34(3,31)32)18-23(29)28(17-20-10-12-21(25)13-11-20)22(16-19-8-5-4-6-9-19)24(30)26-14-7-15-33-2/h4-6,8-13,22H,7,14-18H2,1-3H3,(H,26,30). The quantitative estimate of drug-likeness (QED) is 0.430. The summed E-state index contributed by atoms with van der Waals surface area (Å²) in [6, 6.07) is 14.0. The third-order valence-corrected chi connectivity index (χ3v) is 6.55. The minimum Gasteiger partial charge on any atom is -0.385 e. The number of sulfonamides is 1. The van der Waals surface area contributed by atoms with Crippen molar-refractivity contribution in [1.82, 2.24) is 14.5 Å². The lowest BCUT2D eigenvalue weighted by atomic mass is 10.0. The Bertz CT molecular complexity index is 1030. The van der Waals surface area contributed by atoms with E-state index < -0.39 is 34.3 Å². The average Bonchev–Trinajstić information content (AvgIpc) is 2.80. The first kappa shape index (κ1) is 27.4. The number of nitrogens with zero attached hydrogens (tertiary/aromatic N) is 2. The molecule has 186 valence electrons. The summed E-state index contributed by atoms with van der Waals surface area (Å²) in [6.45, 7) is 0.419. The number of carbonyl (C=O) groups is 2. The molecule has 0 aliphatic carbocycles. The van der Waals surface area contributed by atoms with Crippen molar-refractivity contribution in [2.24, 2.45) is 0 Å². The van der Waals surface area contributed by atoms with E-state index in [2.05, 4.69) is 5.32 Å². The van der Waals surface area contributed by atoms with Crippen molar-refractivity contribution >= 4 is 21.8 Å². The number of halogens is 1. The van der Waals surface area contributed by atoms with Crippen LogP contribution in [0.4, 0.5) is 4.39 Å². The highest BCUT2D eigenvalue weighted by Crippen LogP contribution is 2.16. The number of ether oxygens (including phenoxy) is 1. The summed E-state index contributed by atoms with van der Waals surface area (Å²) >= 11 is 0. The van der Waals surface area contributed by atoms with Gasteiger partial charge in [-0.2, -0.15) is 4.31 Å². The van der Waals surface area contributed by atoms with E-state index in [1.807, 2.05) is 30.3 Å². The van der Waals surface area contributed by atoms with Gasteiger partial charge in [-0.15, -0.1) is 0 Å². The highest BCUT2D eigenvalue weighted by molar-refractivity contribution is 7.88. The van der Waals surface area contributed by atoms with Crippen molar-refractivity contribution in [1.29, 1.82) is 0 Å². The van der Waals surface area contributed by atoms with E-state index in [0.29, 0.717) is 25.1 Å². The van der Waals surface area contributed by atoms with Crippen LogP contribution >= 0.6 is 0 Å². The van der Waals surface area contributed by atoms with Crippen LogP contribution in [0.1, 0.15) is 17.5 Å². The first-order valence-corrected chi connectivity index (χ1v) is 12.7. The SMILES string of the molecule is COCCCNC(=O)C(Cc1ccccc1)N(Cc1ccc(F)cc1)C(=O)CN(C)S(C)(=O)=O. The molecule has 1 atom stereocenters. The summed E-state index contributed by atoms with van der Waals surface area (Å²) in [4.78, 5) is 27.9. The third kappa shape index (κ3) is 8.85. The van der Waals surface area contributed by atoms with Crippen molar-refractivity contribution in [2.45, 2.75) is 25.4 Å². The van der Waals surface area contributed by atoms with Crippen LogP contribution in [0.15, 0.2) is 54.6 Å². The largest absolute Gasteiger partial charge is 0.385 e. The molecule has 0 fully saturated rings. The normalized spacial score (nSPS) is 12.4. The Morgan fingerprint density at radius 2 is 1.71 bits per heavy atom. The molecular weight excluding hydrogens is 461 g/mol. The maximum atomic E-state index is 13.4. The highest BCUT2D eigenvalue weighted by atomic mass is 32.2. The average molecular weight is 494 g/mol. The van der Waals surface area contributed by atoms with Gasteiger partial charge in [0.1, 0.15) is 11.9 Å². The number of nitrogens with one attached hydrogen (secondary N) is 1. The van der Waals surface area contributed by atoms with Gasteiger partial charge in [0.25, 0.3) is 0 Å². The Morgan fingerprint density at radius 3 is 2.29 bits per heavy atom. The fraction of sp³-hybridized carbons (Fsp3) is 0.417. The van der Waals surface area contributed by atoms with Gasteiger partial charge in [-0.3, -0.25) is 9.59 Å². The van der Waals surface area contributed by atoms with Crippen molar-refractivity contribution in [3.8, 4) is 0 Å². The molecule has 0 aliphatic rings. The summed E-state index contributed by atoms with van der Waals surface area (Å²) in [5.41, 5.74) is 1.45. The molecule has 34 heavy (non-hydrogen) atoms. The zero-order valence-corrected chi connectivity index (χ0v) is 20.6. The lowest BCUT2D eigenvalue weighted by Gasteiger charge is -2.32. The number of methoxy groups -OCH3 is 1. The van der Waals surface area contributed by atoms with Gasteiger partial charge in [0, 0.05) is 40.3 Å². The topological polar surface area (TPSA) is 96.0 Å². The number of hydrogen-bond donors (Lipinski definition) is 1. The fourth-order valence-electron chi connectivity index (χ4n) is 3.28. The van der Waals surface area contributed by atoms with E-state index in [4.69, 9.17) is 4.74 Å². The van der Waals surface area contributed by atoms with Gasteiger partial charge in [0.05, 0.1) is 12.8 Å². The molecule has 1 unspecified atom stereocenters. The van der Waals surface area contributed by atoms with Crippen molar-refractivity contribution in [3.63, 3.8) is 0 Å². The number of hydrogen-bond acceptors (Lipinski definition) is 5. The predicted molar refractivity (Wildman–Crippen MR) is 128 cm³/mol. The monoisotopic (exact) mass is 493 g/mol.